The van der Waals surface area contributed by atoms with Crippen LogP contribution < -0.4 is 4.52 Å². The third-order valence-corrected chi connectivity index (χ3v) is 2.25. The van der Waals surface area contributed by atoms with Crippen molar-refractivity contribution in [2.24, 2.45) is 0 Å². The first-order valence-corrected chi connectivity index (χ1v) is 5.68. The molecule has 15 heavy (non-hydrogen) atoms. The van der Waals surface area contributed by atoms with Gasteiger partial charge in [0.1, 0.15) is 12.0 Å². The van der Waals surface area contributed by atoms with Gasteiger partial charge in [-0.2, -0.15) is 0 Å². The molecule has 0 radical (unpaired) electrons. The van der Waals surface area contributed by atoms with E-state index in [2.05, 4.69) is 4.52 Å². The molecule has 0 aliphatic rings. The molecule has 1 aromatic rings. The minimum absolute atomic E-state index is 0.119. The first kappa shape index (κ1) is 11.9. The van der Waals surface area contributed by atoms with Gasteiger partial charge in [0.2, 0.25) is 0 Å². The quantitative estimate of drug-likeness (QED) is 0.608. The summed E-state index contributed by atoms with van der Waals surface area (Å²) in [6.07, 6.45) is 0.668. The zero-order valence-corrected chi connectivity index (χ0v) is 9.19. The lowest BCUT2D eigenvalue weighted by molar-refractivity contribution is 0.112. The summed E-state index contributed by atoms with van der Waals surface area (Å²) in [6.45, 7) is 3.23. The van der Waals surface area contributed by atoms with Gasteiger partial charge in [-0.3, -0.25) is 14.6 Å². The van der Waals surface area contributed by atoms with Crippen LogP contribution in [0.25, 0.3) is 0 Å². The summed E-state index contributed by atoms with van der Waals surface area (Å²) in [4.78, 5) is 27.8. The average Bonchev–Trinajstić information content (AvgIpc) is 2.09. The molecule has 0 spiro atoms. The monoisotopic (exact) mass is 230 g/mol. The average molecular weight is 230 g/mol. The Morgan fingerprint density at radius 2 is 1.73 bits per heavy atom. The fourth-order valence-corrected chi connectivity index (χ4v) is 1.84. The molecule has 0 atom stereocenters. The zero-order valence-electron chi connectivity index (χ0n) is 8.30. The third-order valence-electron chi connectivity index (χ3n) is 1.83. The first-order valence-electron chi connectivity index (χ1n) is 4.15. The Labute approximate surface area is 86.9 Å². The summed E-state index contributed by atoms with van der Waals surface area (Å²) in [5, 5.41) is 0. The molecule has 82 valence electrons. The van der Waals surface area contributed by atoms with Crippen LogP contribution in [0.2, 0.25) is 0 Å². The molecule has 1 rings (SSSR count). The van der Waals surface area contributed by atoms with Crippen LogP contribution in [0.15, 0.2) is 12.1 Å². The van der Waals surface area contributed by atoms with Crippen molar-refractivity contribution in [1.29, 1.82) is 0 Å². The van der Waals surface area contributed by atoms with Crippen LogP contribution >= 0.6 is 7.82 Å². The van der Waals surface area contributed by atoms with Crippen molar-refractivity contribution >= 4 is 14.1 Å². The number of aryl methyl sites for hydroxylation is 2. The first-order chi connectivity index (χ1) is 6.83. The molecular formula is C9H11O5P. The summed E-state index contributed by atoms with van der Waals surface area (Å²) in [6, 6.07) is 3.01. The highest BCUT2D eigenvalue weighted by molar-refractivity contribution is 7.46. The Kier molecular flexibility index (Phi) is 3.29. The molecule has 0 aromatic heterocycles. The lowest BCUT2D eigenvalue weighted by Crippen LogP contribution is -1.96. The molecule has 0 fully saturated rings. The van der Waals surface area contributed by atoms with E-state index in [4.69, 9.17) is 9.79 Å². The topological polar surface area (TPSA) is 83.8 Å². The van der Waals surface area contributed by atoms with Gasteiger partial charge in [0.25, 0.3) is 0 Å². The van der Waals surface area contributed by atoms with Gasteiger partial charge in [0.05, 0.1) is 0 Å². The number of hydrogen-bond donors (Lipinski definition) is 2. The maximum Gasteiger partial charge on any atom is 0.524 e. The van der Waals surface area contributed by atoms with Crippen molar-refractivity contribution < 1.29 is 23.7 Å². The summed E-state index contributed by atoms with van der Waals surface area (Å²) < 4.78 is 15.2. The minimum Gasteiger partial charge on any atom is -0.404 e. The van der Waals surface area contributed by atoms with Gasteiger partial charge in [-0.25, -0.2) is 4.57 Å². The molecule has 6 heteroatoms. The van der Waals surface area contributed by atoms with Gasteiger partial charge < -0.3 is 4.52 Å². The van der Waals surface area contributed by atoms with E-state index in [0.29, 0.717) is 23.0 Å². The Morgan fingerprint density at radius 3 is 2.07 bits per heavy atom. The van der Waals surface area contributed by atoms with Crippen molar-refractivity contribution in [2.45, 2.75) is 13.8 Å². The second-order valence-electron chi connectivity index (χ2n) is 3.18. The number of aldehydes is 1. The Bertz CT molecular complexity index is 411. The van der Waals surface area contributed by atoms with Crippen molar-refractivity contribution in [1.82, 2.24) is 0 Å². The van der Waals surface area contributed by atoms with Crippen LogP contribution in [0.3, 0.4) is 0 Å². The lowest BCUT2D eigenvalue weighted by atomic mass is 10.1. The predicted molar refractivity (Wildman–Crippen MR) is 54.0 cm³/mol. The lowest BCUT2D eigenvalue weighted by Gasteiger charge is -2.12. The van der Waals surface area contributed by atoms with Crippen molar-refractivity contribution in [2.75, 3.05) is 0 Å². The predicted octanol–water partition coefficient (Wildman–Crippen LogP) is 1.59. The van der Waals surface area contributed by atoms with E-state index in [0.717, 1.165) is 0 Å². The molecule has 0 unspecified atom stereocenters. The number of hydrogen-bond acceptors (Lipinski definition) is 3. The van der Waals surface area contributed by atoms with Gasteiger partial charge in [0, 0.05) is 5.56 Å². The van der Waals surface area contributed by atoms with E-state index in [9.17, 15) is 9.36 Å². The molecule has 0 amide bonds. The zero-order chi connectivity index (χ0) is 11.6. The highest BCUT2D eigenvalue weighted by Gasteiger charge is 2.19. The van der Waals surface area contributed by atoms with Crippen LogP contribution in [0.1, 0.15) is 21.5 Å². The molecule has 0 saturated heterocycles. The van der Waals surface area contributed by atoms with Crippen molar-refractivity contribution in [3.8, 4) is 5.75 Å². The number of phosphoric ester groups is 1. The molecule has 0 saturated carbocycles. The molecular weight excluding hydrogens is 219 g/mol. The maximum absolute atomic E-state index is 10.7. The van der Waals surface area contributed by atoms with E-state index in [1.165, 1.54) is 12.1 Å². The highest BCUT2D eigenvalue weighted by atomic mass is 31.2. The van der Waals surface area contributed by atoms with Gasteiger partial charge in [-0.15, -0.1) is 0 Å². The largest absolute Gasteiger partial charge is 0.524 e. The van der Waals surface area contributed by atoms with E-state index in [1.807, 2.05) is 0 Å². The third kappa shape index (κ3) is 3.16. The highest BCUT2D eigenvalue weighted by Crippen LogP contribution is 2.40. The number of rotatable bonds is 3. The number of phosphoric acid groups is 1. The van der Waals surface area contributed by atoms with Gasteiger partial charge >= 0.3 is 7.82 Å². The number of carbonyl (C=O) groups is 1. The van der Waals surface area contributed by atoms with Gasteiger partial charge in [-0.05, 0) is 37.1 Å². The fourth-order valence-electron chi connectivity index (χ4n) is 1.31. The van der Waals surface area contributed by atoms with Crippen LogP contribution in [0, 0.1) is 13.8 Å². The van der Waals surface area contributed by atoms with Crippen LogP contribution in [-0.2, 0) is 4.57 Å². The molecule has 0 aliphatic carbocycles. The molecule has 0 aliphatic heterocycles. The van der Waals surface area contributed by atoms with Crippen LogP contribution in [0.4, 0.5) is 0 Å². The second kappa shape index (κ2) is 4.14. The molecule has 5 nitrogen and oxygen atoms in total. The number of carbonyl (C=O) groups excluding carboxylic acids is 1. The van der Waals surface area contributed by atoms with E-state index >= 15 is 0 Å². The SMILES string of the molecule is Cc1cc(C=O)cc(C)c1OP(=O)(O)O. The van der Waals surface area contributed by atoms with E-state index in [-0.39, 0.29) is 5.75 Å². The Hall–Kier alpha value is -1.16. The van der Waals surface area contributed by atoms with Crippen molar-refractivity contribution in [3.63, 3.8) is 0 Å². The standard InChI is InChI=1S/C9H11O5P/c1-6-3-8(5-10)4-7(2)9(6)14-15(11,12)13/h3-5H,1-2H3,(H2,11,12,13). The van der Waals surface area contributed by atoms with Crippen LogP contribution in [-0.4, -0.2) is 16.1 Å². The van der Waals surface area contributed by atoms with Crippen molar-refractivity contribution in [3.05, 3.63) is 28.8 Å². The summed E-state index contributed by atoms with van der Waals surface area (Å²) >= 11 is 0. The van der Waals surface area contributed by atoms with E-state index in [1.54, 1.807) is 13.8 Å². The summed E-state index contributed by atoms with van der Waals surface area (Å²) in [5.41, 5.74) is 1.48. The van der Waals surface area contributed by atoms with Gasteiger partial charge in [0.15, 0.2) is 0 Å². The summed E-state index contributed by atoms with van der Waals surface area (Å²) in [7, 11) is -4.55. The van der Waals surface area contributed by atoms with Crippen LogP contribution in [0.5, 0.6) is 5.75 Å². The molecule has 2 N–H and O–H groups in total. The Morgan fingerprint density at radius 1 is 1.27 bits per heavy atom. The fraction of sp³-hybridized carbons (Fsp3) is 0.222. The smallest absolute Gasteiger partial charge is 0.404 e. The molecule has 0 bridgehead atoms. The Balaban J connectivity index is 3.20. The second-order valence-corrected chi connectivity index (χ2v) is 4.35. The number of benzene rings is 1. The van der Waals surface area contributed by atoms with Gasteiger partial charge in [-0.1, -0.05) is 0 Å². The summed E-state index contributed by atoms with van der Waals surface area (Å²) in [5.74, 6) is 0.119. The molecule has 0 heterocycles. The normalized spacial score (nSPS) is 11.2. The minimum atomic E-state index is -4.55. The maximum atomic E-state index is 10.7. The van der Waals surface area contributed by atoms with E-state index < -0.39 is 7.82 Å². The molecule has 1 aromatic carbocycles.